The van der Waals surface area contributed by atoms with E-state index < -0.39 is 5.97 Å². The van der Waals surface area contributed by atoms with Crippen molar-refractivity contribution in [1.29, 1.82) is 0 Å². The molecule has 0 fully saturated rings. The van der Waals surface area contributed by atoms with Crippen molar-refractivity contribution in [3.63, 3.8) is 0 Å². The second-order valence-corrected chi connectivity index (χ2v) is 13.1. The number of methoxy groups -OCH3 is 1. The maximum atomic E-state index is 11.9. The number of hydrogen-bond acceptors (Lipinski definition) is 3. The van der Waals surface area contributed by atoms with Crippen molar-refractivity contribution in [3.8, 4) is 0 Å². The Morgan fingerprint density at radius 1 is 0.689 bits per heavy atom. The summed E-state index contributed by atoms with van der Waals surface area (Å²) in [5.74, 6) is -1.22. The summed E-state index contributed by atoms with van der Waals surface area (Å²) in [6.45, 7) is 0. The zero-order chi connectivity index (χ0) is 32.1. The smallest absolute Gasteiger partial charge is 0.338 e. The van der Waals surface area contributed by atoms with Crippen LogP contribution < -0.4 is 0 Å². The minimum Gasteiger partial charge on any atom is -0.478 e. The second kappa shape index (κ2) is 14.6. The van der Waals surface area contributed by atoms with Crippen molar-refractivity contribution in [2.24, 2.45) is 0 Å². The Balaban J connectivity index is 0.000000178. The van der Waals surface area contributed by atoms with Gasteiger partial charge in [0.25, 0.3) is 0 Å². The third-order valence-electron chi connectivity index (χ3n) is 7.26. The number of aromatic carboxylic acids is 1. The van der Waals surface area contributed by atoms with E-state index in [-0.39, 0.29) is 5.97 Å². The van der Waals surface area contributed by atoms with Crippen LogP contribution in [0.15, 0.2) is 105 Å². The molecule has 4 nitrogen and oxygen atoms in total. The molecule has 0 saturated heterocycles. The van der Waals surface area contributed by atoms with Crippen LogP contribution in [0.4, 0.5) is 0 Å². The van der Waals surface area contributed by atoms with Gasteiger partial charge < -0.3 is 9.84 Å². The Hall–Kier alpha value is -3.68. The third kappa shape index (κ3) is 8.33. The molecule has 0 aromatic heterocycles. The van der Waals surface area contributed by atoms with E-state index in [9.17, 15) is 14.7 Å². The molecule has 0 spiro atoms. The zero-order valence-corrected chi connectivity index (χ0v) is 28.7. The topological polar surface area (TPSA) is 63.6 Å². The van der Waals surface area contributed by atoms with Crippen LogP contribution in [-0.4, -0.2) is 24.2 Å². The summed E-state index contributed by atoms with van der Waals surface area (Å²) < 4.78 is 6.55. The third-order valence-corrected chi connectivity index (χ3v) is 8.68. The maximum Gasteiger partial charge on any atom is 0.338 e. The number of esters is 1. The number of halogens is 4. The molecule has 0 heterocycles. The molecule has 8 heteroatoms. The monoisotopic (exact) mass is 762 g/mol. The van der Waals surface area contributed by atoms with Gasteiger partial charge in [0, 0.05) is 19.0 Å². The highest BCUT2D eigenvalue weighted by atomic mass is 79.9. The van der Waals surface area contributed by atoms with Crippen LogP contribution in [0.1, 0.15) is 54.1 Å². The Morgan fingerprint density at radius 3 is 1.53 bits per heavy atom. The summed E-state index contributed by atoms with van der Waals surface area (Å²) in [6.07, 6.45) is 13.6. The first-order chi connectivity index (χ1) is 21.6. The highest BCUT2D eigenvalue weighted by molar-refractivity contribution is 9.10. The molecule has 0 atom stereocenters. The van der Waals surface area contributed by atoms with Crippen LogP contribution in [0.5, 0.6) is 0 Å². The minimum atomic E-state index is -0.906. The standard InChI is InChI=1S/C19H14BrClO2.C18H12BrClO2/c1-23-19(22)18-11-15(20)10-14-8-13(9-17(14)18)3-2-12-4-6-16(21)7-5-12;19-14-9-13-7-12(8-16(13)17(10-14)18(21)22)2-1-11-3-5-15(20)6-4-11/h2-7,9-11H,8H2,1H3;1-6,8-10H,7H2,(H,21,22)/b3-2+;2-1+. The first kappa shape index (κ1) is 32.7. The average molecular weight is 765 g/mol. The lowest BCUT2D eigenvalue weighted by Gasteiger charge is -2.06. The van der Waals surface area contributed by atoms with E-state index in [1.807, 2.05) is 91.0 Å². The van der Waals surface area contributed by atoms with Crippen molar-refractivity contribution < 1.29 is 19.4 Å². The van der Waals surface area contributed by atoms with Crippen molar-refractivity contribution in [3.05, 3.63) is 160 Å². The first-order valence-electron chi connectivity index (χ1n) is 13.8. The largest absolute Gasteiger partial charge is 0.478 e. The lowest BCUT2D eigenvalue weighted by Crippen LogP contribution is -2.04. The normalized spacial score (nSPS) is 13.2. The molecule has 1 N–H and O–H groups in total. The van der Waals surface area contributed by atoms with Gasteiger partial charge in [0.15, 0.2) is 0 Å². The van der Waals surface area contributed by atoms with Gasteiger partial charge in [-0.15, -0.1) is 0 Å². The van der Waals surface area contributed by atoms with E-state index in [4.69, 9.17) is 27.9 Å². The molecule has 0 unspecified atom stereocenters. The number of hydrogen-bond donors (Lipinski definition) is 1. The molecule has 4 aromatic carbocycles. The second-order valence-electron chi connectivity index (χ2n) is 10.4. The maximum absolute atomic E-state index is 11.9. The van der Waals surface area contributed by atoms with Crippen LogP contribution >= 0.6 is 55.1 Å². The van der Waals surface area contributed by atoms with Gasteiger partial charge in [-0.3, -0.25) is 0 Å². The SMILES string of the molecule is COC(=O)c1cc(Br)cc2c1C=C(/C=C/c1ccc(Cl)cc1)C2.O=C(O)c1cc(Br)cc2c1C=C(/C=C/c1ccc(Cl)cc1)C2. The molecule has 0 radical (unpaired) electrons. The molecule has 2 aliphatic rings. The van der Waals surface area contributed by atoms with E-state index in [0.29, 0.717) is 16.1 Å². The Bertz CT molecular complexity index is 1900. The summed E-state index contributed by atoms with van der Waals surface area (Å²) >= 11 is 18.6. The molecule has 0 aliphatic heterocycles. The summed E-state index contributed by atoms with van der Waals surface area (Å²) in [7, 11) is 1.40. The van der Waals surface area contributed by atoms with Crippen molar-refractivity contribution in [2.45, 2.75) is 12.8 Å². The lowest BCUT2D eigenvalue weighted by molar-refractivity contribution is 0.0599. The quantitative estimate of drug-likeness (QED) is 0.199. The number of ether oxygens (including phenoxy) is 1. The number of carbonyl (C=O) groups is 2. The number of fused-ring (bicyclic) bond motifs is 2. The molecule has 6 rings (SSSR count). The number of carboxylic acids is 1. The van der Waals surface area contributed by atoms with Crippen LogP contribution in [0.25, 0.3) is 24.3 Å². The molecule has 2 aliphatic carbocycles. The summed E-state index contributed by atoms with van der Waals surface area (Å²) in [4.78, 5) is 23.3. The predicted molar refractivity (Wildman–Crippen MR) is 191 cm³/mol. The fourth-order valence-electron chi connectivity index (χ4n) is 5.12. The summed E-state index contributed by atoms with van der Waals surface area (Å²) in [6, 6.07) is 22.7. The van der Waals surface area contributed by atoms with Gasteiger partial charge in [-0.1, -0.05) is 116 Å². The number of benzene rings is 4. The minimum absolute atomic E-state index is 0.318. The van der Waals surface area contributed by atoms with Gasteiger partial charge >= 0.3 is 11.9 Å². The van der Waals surface area contributed by atoms with E-state index in [0.717, 1.165) is 71.3 Å². The number of carbonyl (C=O) groups excluding carboxylic acids is 1. The number of allylic oxidation sites excluding steroid dienone is 4. The first-order valence-corrected chi connectivity index (χ1v) is 16.2. The number of rotatable bonds is 6. The summed E-state index contributed by atoms with van der Waals surface area (Å²) in [5.41, 5.74) is 9.19. The van der Waals surface area contributed by atoms with Crippen molar-refractivity contribution >= 4 is 91.3 Å². The average Bonchev–Trinajstić information content (AvgIpc) is 3.63. The number of carboxylic acid groups (broad SMARTS) is 1. The Kier molecular flexibility index (Phi) is 10.6. The fourth-order valence-corrected chi connectivity index (χ4v) is 6.38. The van der Waals surface area contributed by atoms with Gasteiger partial charge in [-0.25, -0.2) is 9.59 Å². The van der Waals surface area contributed by atoms with Gasteiger partial charge in [0.1, 0.15) is 0 Å². The van der Waals surface area contributed by atoms with Crippen molar-refractivity contribution in [1.82, 2.24) is 0 Å². The van der Waals surface area contributed by atoms with Crippen LogP contribution in [0.3, 0.4) is 0 Å². The van der Waals surface area contributed by atoms with Gasteiger partial charge in [0.2, 0.25) is 0 Å². The van der Waals surface area contributed by atoms with E-state index in [1.165, 1.54) is 7.11 Å². The van der Waals surface area contributed by atoms with E-state index in [1.54, 1.807) is 12.1 Å². The fraction of sp³-hybridized carbons (Fsp3) is 0.0811. The summed E-state index contributed by atoms with van der Waals surface area (Å²) in [5, 5.41) is 10.7. The van der Waals surface area contributed by atoms with Crippen LogP contribution in [-0.2, 0) is 17.6 Å². The zero-order valence-electron chi connectivity index (χ0n) is 24.0. The molecule has 0 saturated carbocycles. The van der Waals surface area contributed by atoms with E-state index >= 15 is 0 Å². The highest BCUT2D eigenvalue weighted by Crippen LogP contribution is 2.33. The predicted octanol–water partition coefficient (Wildman–Crippen LogP) is 11.0. The molecule has 0 bridgehead atoms. The van der Waals surface area contributed by atoms with Gasteiger partial charge in [-0.2, -0.15) is 0 Å². The molecule has 45 heavy (non-hydrogen) atoms. The van der Waals surface area contributed by atoms with Gasteiger partial charge in [0.05, 0.1) is 18.2 Å². The molecule has 4 aromatic rings. The molecule has 226 valence electrons. The highest BCUT2D eigenvalue weighted by Gasteiger charge is 2.21. The molecular formula is C37H26Br2Cl2O4. The van der Waals surface area contributed by atoms with Gasteiger partial charge in [-0.05, 0) is 106 Å². The molecular weight excluding hydrogens is 739 g/mol. The van der Waals surface area contributed by atoms with Crippen LogP contribution in [0.2, 0.25) is 10.0 Å². The van der Waals surface area contributed by atoms with Crippen molar-refractivity contribution in [2.75, 3.05) is 7.11 Å². The Morgan fingerprint density at radius 2 is 1.11 bits per heavy atom. The lowest BCUT2D eigenvalue weighted by atomic mass is 10.0. The van der Waals surface area contributed by atoms with Crippen LogP contribution in [0, 0.1) is 0 Å². The Labute approximate surface area is 288 Å². The molecule has 0 amide bonds. The van der Waals surface area contributed by atoms with E-state index in [2.05, 4.69) is 37.9 Å².